The second-order valence-corrected chi connectivity index (χ2v) is 5.13. The van der Waals surface area contributed by atoms with E-state index in [2.05, 4.69) is 31.3 Å². The van der Waals surface area contributed by atoms with Gasteiger partial charge >= 0.3 is 0 Å². The first-order valence-corrected chi connectivity index (χ1v) is 6.43. The molecule has 0 radical (unpaired) electrons. The lowest BCUT2D eigenvalue weighted by molar-refractivity contribution is 0.167. The van der Waals surface area contributed by atoms with E-state index in [0.717, 1.165) is 17.0 Å². The molecular weight excluding hydrogens is 298 g/mol. The van der Waals surface area contributed by atoms with E-state index in [4.69, 9.17) is 0 Å². The first-order chi connectivity index (χ1) is 8.41. The first-order valence-electron chi connectivity index (χ1n) is 5.64. The van der Waals surface area contributed by atoms with E-state index < -0.39 is 6.10 Å². The molecule has 1 unspecified atom stereocenters. The van der Waals surface area contributed by atoms with Gasteiger partial charge < -0.3 is 5.11 Å². The van der Waals surface area contributed by atoms with Crippen LogP contribution >= 0.6 is 15.9 Å². The molecule has 0 amide bonds. The Bertz CT molecular complexity index is 555. The third kappa shape index (κ3) is 2.20. The largest absolute Gasteiger partial charge is 0.386 e. The van der Waals surface area contributed by atoms with Crippen molar-refractivity contribution in [2.24, 2.45) is 14.1 Å². The molecule has 2 aromatic heterocycles. The van der Waals surface area contributed by atoms with Crippen LogP contribution in [0.2, 0.25) is 0 Å². The molecule has 6 nitrogen and oxygen atoms in total. The van der Waals surface area contributed by atoms with Crippen LogP contribution in [0.15, 0.2) is 4.60 Å². The van der Waals surface area contributed by atoms with Crippen LogP contribution < -0.4 is 0 Å². The number of rotatable bonds is 3. The highest BCUT2D eigenvalue weighted by atomic mass is 79.9. The van der Waals surface area contributed by atoms with E-state index in [0.29, 0.717) is 16.7 Å². The molecule has 2 rings (SSSR count). The predicted octanol–water partition coefficient (Wildman–Crippen LogP) is 1.20. The summed E-state index contributed by atoms with van der Waals surface area (Å²) < 4.78 is 3.99. The topological polar surface area (TPSA) is 68.8 Å². The Labute approximate surface area is 114 Å². The van der Waals surface area contributed by atoms with Crippen molar-refractivity contribution in [3.8, 4) is 0 Å². The molecule has 0 saturated carbocycles. The minimum atomic E-state index is -0.652. The third-order valence-corrected chi connectivity index (χ3v) is 3.76. The van der Waals surface area contributed by atoms with Crippen LogP contribution in [0, 0.1) is 13.8 Å². The van der Waals surface area contributed by atoms with Crippen molar-refractivity contribution in [2.75, 3.05) is 0 Å². The Morgan fingerprint density at radius 2 is 1.94 bits per heavy atom. The third-order valence-electron chi connectivity index (χ3n) is 3.20. The van der Waals surface area contributed by atoms with Crippen molar-refractivity contribution in [1.82, 2.24) is 24.8 Å². The number of aryl methyl sites for hydroxylation is 3. The Balaban J connectivity index is 2.29. The fraction of sp³-hybridized carbons (Fsp3) is 0.545. The smallest absolute Gasteiger partial charge is 0.154 e. The summed E-state index contributed by atoms with van der Waals surface area (Å²) in [6.45, 7) is 3.95. The molecule has 0 bridgehead atoms. The Morgan fingerprint density at radius 3 is 2.39 bits per heavy atom. The molecule has 0 aliphatic carbocycles. The fourth-order valence-corrected chi connectivity index (χ4v) is 2.69. The monoisotopic (exact) mass is 313 g/mol. The SMILES string of the molecule is Cc1nn(C)c(C)c1CC(O)c1c(Br)nnn1C. The lowest BCUT2D eigenvalue weighted by Gasteiger charge is -2.11. The molecule has 0 aliphatic rings. The maximum atomic E-state index is 10.3. The Morgan fingerprint density at radius 1 is 1.28 bits per heavy atom. The Hall–Kier alpha value is -1.21. The number of aliphatic hydroxyl groups is 1. The highest BCUT2D eigenvalue weighted by Gasteiger charge is 2.21. The van der Waals surface area contributed by atoms with Gasteiger partial charge in [0.15, 0.2) is 4.60 Å². The van der Waals surface area contributed by atoms with Crippen molar-refractivity contribution in [1.29, 1.82) is 0 Å². The summed E-state index contributed by atoms with van der Waals surface area (Å²) >= 11 is 3.30. The van der Waals surface area contributed by atoms with E-state index in [9.17, 15) is 5.11 Å². The second-order valence-electron chi connectivity index (χ2n) is 4.38. The number of nitrogens with zero attached hydrogens (tertiary/aromatic N) is 5. The molecule has 1 N–H and O–H groups in total. The summed E-state index contributed by atoms with van der Waals surface area (Å²) in [5.41, 5.74) is 3.76. The van der Waals surface area contributed by atoms with Crippen molar-refractivity contribution >= 4 is 15.9 Å². The summed E-state index contributed by atoms with van der Waals surface area (Å²) in [6.07, 6.45) is -0.147. The van der Waals surface area contributed by atoms with Crippen LogP contribution in [0.25, 0.3) is 0 Å². The van der Waals surface area contributed by atoms with Crippen molar-refractivity contribution in [2.45, 2.75) is 26.4 Å². The van der Waals surface area contributed by atoms with Crippen LogP contribution in [0.3, 0.4) is 0 Å². The van der Waals surface area contributed by atoms with Crippen LogP contribution in [0.4, 0.5) is 0 Å². The van der Waals surface area contributed by atoms with Gasteiger partial charge in [0, 0.05) is 26.2 Å². The lowest BCUT2D eigenvalue weighted by atomic mass is 10.0. The van der Waals surface area contributed by atoms with Crippen LogP contribution in [0.1, 0.15) is 28.7 Å². The van der Waals surface area contributed by atoms with E-state index in [1.807, 2.05) is 25.6 Å². The van der Waals surface area contributed by atoms with Crippen molar-refractivity contribution < 1.29 is 5.11 Å². The quantitative estimate of drug-likeness (QED) is 0.924. The van der Waals surface area contributed by atoms with Gasteiger partial charge in [-0.25, -0.2) is 4.68 Å². The standard InChI is InChI=1S/C11H16BrN5O/c1-6-8(7(2)16(3)14-6)5-9(18)10-11(12)13-15-17(10)4/h9,18H,5H2,1-4H3. The zero-order chi connectivity index (χ0) is 13.4. The van der Waals surface area contributed by atoms with Gasteiger partial charge in [0.1, 0.15) is 11.8 Å². The molecule has 0 aromatic carbocycles. The normalized spacial score (nSPS) is 13.0. The van der Waals surface area contributed by atoms with Crippen molar-refractivity contribution in [3.05, 3.63) is 27.2 Å². The molecule has 18 heavy (non-hydrogen) atoms. The maximum absolute atomic E-state index is 10.3. The zero-order valence-electron chi connectivity index (χ0n) is 10.8. The van der Waals surface area contributed by atoms with Crippen LogP contribution in [0.5, 0.6) is 0 Å². The molecular formula is C11H16BrN5O. The van der Waals surface area contributed by atoms with Gasteiger partial charge in [-0.3, -0.25) is 4.68 Å². The minimum Gasteiger partial charge on any atom is -0.386 e. The number of hydrogen-bond donors (Lipinski definition) is 1. The number of aliphatic hydroxyl groups excluding tert-OH is 1. The Kier molecular flexibility index (Phi) is 3.54. The van der Waals surface area contributed by atoms with Gasteiger partial charge in [0.05, 0.1) is 5.69 Å². The summed E-state index contributed by atoms with van der Waals surface area (Å²) in [6, 6.07) is 0. The minimum absolute atomic E-state index is 0.505. The molecule has 0 saturated heterocycles. The van der Waals surface area contributed by atoms with Crippen molar-refractivity contribution in [3.63, 3.8) is 0 Å². The summed E-state index contributed by atoms with van der Waals surface area (Å²) in [7, 11) is 3.67. The average Bonchev–Trinajstić information content (AvgIpc) is 2.74. The average molecular weight is 314 g/mol. The molecule has 0 fully saturated rings. The lowest BCUT2D eigenvalue weighted by Crippen LogP contribution is -2.09. The van der Waals surface area contributed by atoms with Gasteiger partial charge in [-0.15, -0.1) is 5.10 Å². The molecule has 0 spiro atoms. The van der Waals surface area contributed by atoms with Crippen LogP contribution in [-0.4, -0.2) is 29.9 Å². The summed E-state index contributed by atoms with van der Waals surface area (Å²) in [5.74, 6) is 0. The molecule has 2 heterocycles. The van der Waals surface area contributed by atoms with E-state index >= 15 is 0 Å². The molecule has 98 valence electrons. The van der Waals surface area contributed by atoms with Gasteiger partial charge in [0.25, 0.3) is 0 Å². The van der Waals surface area contributed by atoms with E-state index in [1.54, 1.807) is 11.7 Å². The van der Waals surface area contributed by atoms with Gasteiger partial charge in [-0.2, -0.15) is 5.10 Å². The highest BCUT2D eigenvalue weighted by Crippen LogP contribution is 2.25. The molecule has 2 aromatic rings. The summed E-state index contributed by atoms with van der Waals surface area (Å²) in [5, 5.41) is 22.4. The number of aromatic nitrogens is 5. The van der Waals surface area contributed by atoms with Gasteiger partial charge in [-0.05, 0) is 35.3 Å². The summed E-state index contributed by atoms with van der Waals surface area (Å²) in [4.78, 5) is 0. The second kappa shape index (κ2) is 4.81. The zero-order valence-corrected chi connectivity index (χ0v) is 12.4. The fourth-order valence-electron chi connectivity index (χ4n) is 2.10. The molecule has 7 heteroatoms. The first kappa shape index (κ1) is 13.2. The van der Waals surface area contributed by atoms with Gasteiger partial charge in [-0.1, -0.05) is 5.21 Å². The van der Waals surface area contributed by atoms with E-state index in [1.165, 1.54) is 0 Å². The number of halogens is 1. The molecule has 0 aliphatic heterocycles. The predicted molar refractivity (Wildman–Crippen MR) is 70.0 cm³/mol. The van der Waals surface area contributed by atoms with E-state index in [-0.39, 0.29) is 0 Å². The highest BCUT2D eigenvalue weighted by molar-refractivity contribution is 9.10. The number of hydrogen-bond acceptors (Lipinski definition) is 4. The van der Waals surface area contributed by atoms with Gasteiger partial charge in [0.2, 0.25) is 0 Å². The van der Waals surface area contributed by atoms with Crippen LogP contribution in [-0.2, 0) is 20.5 Å². The molecule has 1 atom stereocenters. The maximum Gasteiger partial charge on any atom is 0.154 e.